The third-order valence-electron chi connectivity index (χ3n) is 6.77. The maximum atomic E-state index is 13.3. The van der Waals surface area contributed by atoms with Gasteiger partial charge >= 0.3 is 0 Å². The molecular weight excluding hydrogens is 508 g/mol. The van der Waals surface area contributed by atoms with E-state index < -0.39 is 30.5 Å². The van der Waals surface area contributed by atoms with E-state index in [9.17, 15) is 21.6 Å². The van der Waals surface area contributed by atoms with Crippen molar-refractivity contribution in [3.8, 4) is 5.75 Å². The number of amides is 1. The van der Waals surface area contributed by atoms with Crippen molar-refractivity contribution in [2.45, 2.75) is 41.9 Å². The molecule has 2 aromatic rings. The van der Waals surface area contributed by atoms with Gasteiger partial charge in [-0.1, -0.05) is 24.3 Å². The molecule has 0 spiro atoms. The summed E-state index contributed by atoms with van der Waals surface area (Å²) >= 11 is 0. The van der Waals surface area contributed by atoms with Crippen molar-refractivity contribution in [1.82, 2.24) is 9.79 Å². The first-order valence-corrected chi connectivity index (χ1v) is 14.8. The Morgan fingerprint density at radius 3 is 2.36 bits per heavy atom. The SMILES string of the molecule is O=C(NO)C1(S(=O)(=O)c2ccc(OCCCS(=O)(=O)N3CCc4ccccc4C3)cc2)CCOCC1. The van der Waals surface area contributed by atoms with E-state index in [2.05, 4.69) is 0 Å². The van der Waals surface area contributed by atoms with Crippen LogP contribution in [0.3, 0.4) is 0 Å². The quantitative estimate of drug-likeness (QED) is 0.279. The molecule has 4 rings (SSSR count). The highest BCUT2D eigenvalue weighted by molar-refractivity contribution is 7.93. The van der Waals surface area contributed by atoms with Crippen molar-refractivity contribution in [2.24, 2.45) is 0 Å². The fraction of sp³-hybridized carbons (Fsp3) is 0.458. The van der Waals surface area contributed by atoms with Gasteiger partial charge in [-0.15, -0.1) is 0 Å². The predicted molar refractivity (Wildman–Crippen MR) is 131 cm³/mol. The molecule has 0 saturated carbocycles. The topological polar surface area (TPSA) is 139 Å². The number of nitrogens with one attached hydrogen (secondary N) is 1. The standard InChI is InChI=1S/C24H30N2O8S2/c27-23(25-28)24(11-15-33-16-12-24)36(31,32)22-8-6-21(7-9-22)34-14-3-17-35(29,30)26-13-10-19-4-1-2-5-20(19)18-26/h1-2,4-9,28H,3,10-18H2,(H,25,27). The Hall–Kier alpha value is -2.51. The second-order valence-electron chi connectivity index (χ2n) is 8.89. The van der Waals surface area contributed by atoms with Gasteiger partial charge in [0.05, 0.1) is 17.3 Å². The van der Waals surface area contributed by atoms with Crippen LogP contribution in [-0.2, 0) is 42.4 Å². The molecule has 2 heterocycles. The normalized spacial score (nSPS) is 18.2. The number of sulfone groups is 1. The van der Waals surface area contributed by atoms with Gasteiger partial charge in [0.2, 0.25) is 10.0 Å². The first-order chi connectivity index (χ1) is 17.2. The van der Waals surface area contributed by atoms with Gasteiger partial charge in [0, 0.05) is 26.3 Å². The number of sulfonamides is 1. The number of hydroxylamine groups is 1. The van der Waals surface area contributed by atoms with E-state index in [0.29, 0.717) is 25.3 Å². The van der Waals surface area contributed by atoms with Crippen LogP contribution in [0.2, 0.25) is 0 Å². The molecule has 2 aromatic carbocycles. The lowest BCUT2D eigenvalue weighted by Gasteiger charge is -2.34. The van der Waals surface area contributed by atoms with Crippen LogP contribution < -0.4 is 10.2 Å². The third kappa shape index (κ3) is 5.28. The Bertz CT molecular complexity index is 1290. The number of hydrogen-bond acceptors (Lipinski definition) is 8. The minimum absolute atomic E-state index is 0.0531. The number of nitrogens with zero attached hydrogens (tertiary/aromatic N) is 1. The number of rotatable bonds is 9. The summed E-state index contributed by atoms with van der Waals surface area (Å²) in [5.41, 5.74) is 3.69. The van der Waals surface area contributed by atoms with Gasteiger partial charge in [-0.05, 0) is 61.1 Å². The molecule has 0 unspecified atom stereocenters. The summed E-state index contributed by atoms with van der Waals surface area (Å²) in [6.45, 7) is 1.14. The van der Waals surface area contributed by atoms with Crippen molar-refractivity contribution in [2.75, 3.05) is 32.1 Å². The van der Waals surface area contributed by atoms with Gasteiger partial charge in [0.15, 0.2) is 14.6 Å². The molecule has 1 fully saturated rings. The zero-order chi connectivity index (χ0) is 25.8. The van der Waals surface area contributed by atoms with E-state index >= 15 is 0 Å². The lowest BCUT2D eigenvalue weighted by atomic mass is 9.98. The highest BCUT2D eigenvalue weighted by Crippen LogP contribution is 2.35. The third-order valence-corrected chi connectivity index (χ3v) is 11.2. The molecule has 1 saturated heterocycles. The summed E-state index contributed by atoms with van der Waals surface area (Å²) in [5.74, 6) is -0.655. The lowest BCUT2D eigenvalue weighted by molar-refractivity contribution is -0.134. The average molecular weight is 539 g/mol. The molecule has 0 bridgehead atoms. The van der Waals surface area contributed by atoms with Crippen molar-refractivity contribution < 1.29 is 36.3 Å². The molecule has 12 heteroatoms. The highest BCUT2D eigenvalue weighted by atomic mass is 32.2. The second-order valence-corrected chi connectivity index (χ2v) is 13.2. The summed E-state index contributed by atoms with van der Waals surface area (Å²) < 4.78 is 62.6. The molecule has 0 aliphatic carbocycles. The minimum Gasteiger partial charge on any atom is -0.494 e. The Kier molecular flexibility index (Phi) is 8.00. The van der Waals surface area contributed by atoms with E-state index in [1.807, 2.05) is 24.3 Å². The van der Waals surface area contributed by atoms with Gasteiger partial charge in [0.25, 0.3) is 5.91 Å². The molecule has 2 N–H and O–H groups in total. The van der Waals surface area contributed by atoms with Gasteiger partial charge in [-0.3, -0.25) is 10.0 Å². The first-order valence-electron chi connectivity index (χ1n) is 11.7. The zero-order valence-corrected chi connectivity index (χ0v) is 21.4. The molecule has 196 valence electrons. The number of ether oxygens (including phenoxy) is 2. The Morgan fingerprint density at radius 2 is 1.69 bits per heavy atom. The summed E-state index contributed by atoms with van der Waals surface area (Å²) in [5, 5.41) is 9.14. The fourth-order valence-corrected chi connectivity index (χ4v) is 8.01. The molecule has 0 aromatic heterocycles. The number of carbonyl (C=O) groups is 1. The van der Waals surface area contributed by atoms with Gasteiger partial charge < -0.3 is 9.47 Å². The monoisotopic (exact) mass is 538 g/mol. The largest absolute Gasteiger partial charge is 0.494 e. The van der Waals surface area contributed by atoms with E-state index in [0.717, 1.165) is 5.56 Å². The summed E-state index contributed by atoms with van der Waals surface area (Å²) in [4.78, 5) is 12.3. The van der Waals surface area contributed by atoms with Crippen LogP contribution in [0, 0.1) is 0 Å². The van der Waals surface area contributed by atoms with Crippen molar-refractivity contribution in [3.05, 3.63) is 59.7 Å². The van der Waals surface area contributed by atoms with Crippen LogP contribution in [-0.4, -0.2) is 69.1 Å². The predicted octanol–water partition coefficient (Wildman–Crippen LogP) is 1.67. The Labute approximate surface area is 211 Å². The molecule has 10 nitrogen and oxygen atoms in total. The maximum absolute atomic E-state index is 13.3. The van der Waals surface area contributed by atoms with E-state index in [4.69, 9.17) is 14.7 Å². The molecular formula is C24H30N2O8S2. The second kappa shape index (κ2) is 10.9. The smallest absolute Gasteiger partial charge is 0.265 e. The molecule has 0 atom stereocenters. The minimum atomic E-state index is -4.12. The number of benzene rings is 2. The maximum Gasteiger partial charge on any atom is 0.265 e. The van der Waals surface area contributed by atoms with Gasteiger partial charge in [-0.2, -0.15) is 4.31 Å². The summed E-state index contributed by atoms with van der Waals surface area (Å²) in [7, 11) is -7.55. The fourth-order valence-electron chi connectivity index (χ4n) is 4.63. The summed E-state index contributed by atoms with van der Waals surface area (Å²) in [6.07, 6.45) is 0.823. The average Bonchev–Trinajstić information content (AvgIpc) is 2.91. The van der Waals surface area contributed by atoms with Crippen LogP contribution in [0.1, 0.15) is 30.4 Å². The Balaban J connectivity index is 1.33. The van der Waals surface area contributed by atoms with Crippen LogP contribution in [0.5, 0.6) is 5.75 Å². The Morgan fingerprint density at radius 1 is 1.03 bits per heavy atom. The van der Waals surface area contributed by atoms with Crippen molar-refractivity contribution in [1.29, 1.82) is 0 Å². The van der Waals surface area contributed by atoms with Crippen molar-refractivity contribution in [3.63, 3.8) is 0 Å². The van der Waals surface area contributed by atoms with E-state index in [1.165, 1.54) is 39.6 Å². The highest BCUT2D eigenvalue weighted by Gasteiger charge is 2.52. The molecule has 2 aliphatic rings. The number of fused-ring (bicyclic) bond motifs is 1. The van der Waals surface area contributed by atoms with Gasteiger partial charge in [0.1, 0.15) is 5.75 Å². The van der Waals surface area contributed by atoms with Crippen LogP contribution in [0.4, 0.5) is 0 Å². The zero-order valence-electron chi connectivity index (χ0n) is 19.8. The molecule has 0 radical (unpaired) electrons. The van der Waals surface area contributed by atoms with Crippen LogP contribution in [0.25, 0.3) is 0 Å². The number of carbonyl (C=O) groups excluding carboxylic acids is 1. The lowest BCUT2D eigenvalue weighted by Crippen LogP contribution is -2.54. The van der Waals surface area contributed by atoms with Crippen LogP contribution >= 0.6 is 0 Å². The molecule has 1 amide bonds. The summed E-state index contributed by atoms with van der Waals surface area (Å²) in [6, 6.07) is 13.4. The first kappa shape index (κ1) is 26.6. The van der Waals surface area contributed by atoms with Crippen molar-refractivity contribution >= 4 is 25.8 Å². The van der Waals surface area contributed by atoms with Crippen LogP contribution in [0.15, 0.2) is 53.4 Å². The van der Waals surface area contributed by atoms with E-state index in [-0.39, 0.29) is 49.7 Å². The number of hydrogen-bond donors (Lipinski definition) is 2. The van der Waals surface area contributed by atoms with E-state index in [1.54, 1.807) is 0 Å². The van der Waals surface area contributed by atoms with Gasteiger partial charge in [-0.25, -0.2) is 22.3 Å². The molecule has 2 aliphatic heterocycles. The molecule has 36 heavy (non-hydrogen) atoms.